The average molecular weight is 242 g/mol. The van der Waals surface area contributed by atoms with Gasteiger partial charge in [-0.15, -0.1) is 0 Å². The highest BCUT2D eigenvalue weighted by atomic mass is 16.3. The summed E-state index contributed by atoms with van der Waals surface area (Å²) in [5.41, 5.74) is 0. The molecule has 1 saturated carbocycles. The second-order valence-corrected chi connectivity index (χ2v) is 4.61. The first-order valence-corrected chi connectivity index (χ1v) is 6.32. The number of nitrogens with zero attached hydrogens (tertiary/aromatic N) is 1. The van der Waals surface area contributed by atoms with Crippen LogP contribution in [0.4, 0.5) is 0 Å². The Labute approximate surface area is 102 Å². The Balaban J connectivity index is 2.38. The van der Waals surface area contributed by atoms with Gasteiger partial charge < -0.3 is 15.3 Å². The summed E-state index contributed by atoms with van der Waals surface area (Å²) in [6, 6.07) is 0.136. The monoisotopic (exact) mass is 242 g/mol. The lowest BCUT2D eigenvalue weighted by Crippen LogP contribution is -2.45. The van der Waals surface area contributed by atoms with Crippen LogP contribution in [0, 0.1) is 0 Å². The van der Waals surface area contributed by atoms with E-state index in [9.17, 15) is 9.59 Å². The molecule has 0 radical (unpaired) electrons. The van der Waals surface area contributed by atoms with Gasteiger partial charge in [-0.1, -0.05) is 25.7 Å². The van der Waals surface area contributed by atoms with Gasteiger partial charge in [0.15, 0.2) is 0 Å². The topological polar surface area (TPSA) is 69.6 Å². The lowest BCUT2D eigenvalue weighted by molar-refractivity contribution is -0.145. The summed E-state index contributed by atoms with van der Waals surface area (Å²) in [4.78, 5) is 24.5. The average Bonchev–Trinajstić information content (AvgIpc) is 2.57. The van der Waals surface area contributed by atoms with E-state index in [1.165, 1.54) is 24.8 Å². The van der Waals surface area contributed by atoms with Gasteiger partial charge in [0.25, 0.3) is 0 Å². The Kier molecular flexibility index (Phi) is 5.97. The summed E-state index contributed by atoms with van der Waals surface area (Å²) in [5, 5.41) is 11.5. The number of likely N-dealkylation sites (N-methyl/N-ethyl adjacent to an activating group) is 1. The standard InChI is InChI=1S/C12H22N2O3/c1-14(8-9-15)12(17)11(16)13-10-6-4-2-3-5-7-10/h10,15H,2-9H2,1H3,(H,13,16). The minimum atomic E-state index is -0.566. The molecule has 0 aliphatic heterocycles. The van der Waals surface area contributed by atoms with Gasteiger partial charge in [0, 0.05) is 19.6 Å². The van der Waals surface area contributed by atoms with E-state index in [0.717, 1.165) is 25.7 Å². The lowest BCUT2D eigenvalue weighted by atomic mass is 10.1. The maximum Gasteiger partial charge on any atom is 0.311 e. The molecule has 0 bridgehead atoms. The van der Waals surface area contributed by atoms with Gasteiger partial charge in [-0.3, -0.25) is 9.59 Å². The van der Waals surface area contributed by atoms with Crippen LogP contribution in [-0.4, -0.2) is 48.1 Å². The Bertz CT molecular complexity index is 260. The third kappa shape index (κ3) is 4.73. The highest BCUT2D eigenvalue weighted by Gasteiger charge is 2.22. The van der Waals surface area contributed by atoms with Crippen LogP contribution in [0.5, 0.6) is 0 Å². The minimum Gasteiger partial charge on any atom is -0.395 e. The summed E-state index contributed by atoms with van der Waals surface area (Å²) in [6.07, 6.45) is 6.58. The van der Waals surface area contributed by atoms with E-state index in [4.69, 9.17) is 5.11 Å². The smallest absolute Gasteiger partial charge is 0.311 e. The molecule has 1 fully saturated rings. The van der Waals surface area contributed by atoms with Crippen molar-refractivity contribution in [2.24, 2.45) is 0 Å². The van der Waals surface area contributed by atoms with Gasteiger partial charge in [0.1, 0.15) is 0 Å². The number of amides is 2. The summed E-state index contributed by atoms with van der Waals surface area (Å²) in [6.45, 7) is 0.0653. The lowest BCUT2D eigenvalue weighted by Gasteiger charge is -2.19. The number of carbonyl (C=O) groups is 2. The molecule has 0 atom stereocenters. The quantitative estimate of drug-likeness (QED) is 0.551. The molecule has 98 valence electrons. The molecule has 2 N–H and O–H groups in total. The van der Waals surface area contributed by atoms with Crippen molar-refractivity contribution in [3.05, 3.63) is 0 Å². The van der Waals surface area contributed by atoms with E-state index < -0.39 is 11.8 Å². The molecule has 0 unspecified atom stereocenters. The van der Waals surface area contributed by atoms with Crippen molar-refractivity contribution in [2.75, 3.05) is 20.2 Å². The van der Waals surface area contributed by atoms with Gasteiger partial charge in [0.05, 0.1) is 6.61 Å². The Morgan fingerprint density at radius 1 is 1.24 bits per heavy atom. The number of hydrogen-bond acceptors (Lipinski definition) is 3. The second kappa shape index (κ2) is 7.27. The fraction of sp³-hybridized carbons (Fsp3) is 0.833. The second-order valence-electron chi connectivity index (χ2n) is 4.61. The fourth-order valence-electron chi connectivity index (χ4n) is 2.10. The maximum atomic E-state index is 11.7. The molecule has 1 aliphatic rings. The van der Waals surface area contributed by atoms with Crippen LogP contribution in [0.2, 0.25) is 0 Å². The van der Waals surface area contributed by atoms with Gasteiger partial charge in [-0.05, 0) is 12.8 Å². The molecule has 5 nitrogen and oxygen atoms in total. The zero-order chi connectivity index (χ0) is 12.7. The van der Waals surface area contributed by atoms with Crippen LogP contribution in [0.15, 0.2) is 0 Å². The molecule has 1 rings (SSSR count). The number of carbonyl (C=O) groups excluding carboxylic acids is 2. The van der Waals surface area contributed by atoms with Crippen molar-refractivity contribution in [3.63, 3.8) is 0 Å². The summed E-state index contributed by atoms with van der Waals surface area (Å²) < 4.78 is 0. The van der Waals surface area contributed by atoms with Crippen LogP contribution < -0.4 is 5.32 Å². The van der Waals surface area contributed by atoms with Gasteiger partial charge in [-0.25, -0.2) is 0 Å². The minimum absolute atomic E-state index is 0.126. The molecule has 1 aliphatic carbocycles. The molecular formula is C12H22N2O3. The molecule has 5 heteroatoms. The van der Waals surface area contributed by atoms with E-state index in [0.29, 0.717) is 0 Å². The van der Waals surface area contributed by atoms with Gasteiger partial charge in [-0.2, -0.15) is 0 Å². The van der Waals surface area contributed by atoms with Crippen LogP contribution in [-0.2, 0) is 9.59 Å². The maximum absolute atomic E-state index is 11.7. The fourth-order valence-corrected chi connectivity index (χ4v) is 2.10. The first kappa shape index (κ1) is 14.0. The number of aliphatic hydroxyl groups excluding tert-OH is 1. The number of nitrogens with one attached hydrogen (secondary N) is 1. The first-order chi connectivity index (χ1) is 8.15. The molecule has 0 heterocycles. The molecule has 0 saturated heterocycles. The van der Waals surface area contributed by atoms with E-state index in [1.54, 1.807) is 0 Å². The summed E-state index contributed by atoms with van der Waals surface area (Å²) >= 11 is 0. The molecule has 0 spiro atoms. The van der Waals surface area contributed by atoms with E-state index in [1.807, 2.05) is 0 Å². The molecule has 0 aromatic rings. The predicted octanol–water partition coefficient (Wildman–Crippen LogP) is 0.276. The highest BCUT2D eigenvalue weighted by Crippen LogP contribution is 2.17. The van der Waals surface area contributed by atoms with Crippen molar-refractivity contribution in [1.82, 2.24) is 10.2 Å². The Morgan fingerprint density at radius 3 is 2.35 bits per heavy atom. The van der Waals surface area contributed by atoms with E-state index >= 15 is 0 Å². The SMILES string of the molecule is CN(CCO)C(=O)C(=O)NC1CCCCCC1. The Morgan fingerprint density at radius 2 is 1.82 bits per heavy atom. The zero-order valence-corrected chi connectivity index (χ0v) is 10.4. The summed E-state index contributed by atoms with van der Waals surface area (Å²) in [5.74, 6) is -1.11. The van der Waals surface area contributed by atoms with Gasteiger partial charge >= 0.3 is 11.8 Å². The molecule has 0 aromatic carbocycles. The molecule has 2 amide bonds. The molecule has 17 heavy (non-hydrogen) atoms. The number of rotatable bonds is 3. The third-order valence-electron chi connectivity index (χ3n) is 3.17. The highest BCUT2D eigenvalue weighted by molar-refractivity contribution is 6.35. The normalized spacial score (nSPS) is 17.3. The summed E-state index contributed by atoms with van der Waals surface area (Å²) in [7, 11) is 1.52. The van der Waals surface area contributed by atoms with Crippen molar-refractivity contribution in [2.45, 2.75) is 44.6 Å². The first-order valence-electron chi connectivity index (χ1n) is 6.32. The largest absolute Gasteiger partial charge is 0.395 e. The van der Waals surface area contributed by atoms with Crippen LogP contribution in [0.25, 0.3) is 0 Å². The van der Waals surface area contributed by atoms with Crippen LogP contribution in [0.1, 0.15) is 38.5 Å². The van der Waals surface area contributed by atoms with Crippen LogP contribution in [0.3, 0.4) is 0 Å². The predicted molar refractivity (Wildman–Crippen MR) is 64.4 cm³/mol. The van der Waals surface area contributed by atoms with E-state index in [-0.39, 0.29) is 19.2 Å². The zero-order valence-electron chi connectivity index (χ0n) is 10.4. The van der Waals surface area contributed by atoms with Crippen molar-refractivity contribution in [1.29, 1.82) is 0 Å². The molecular weight excluding hydrogens is 220 g/mol. The number of aliphatic hydroxyl groups is 1. The Hall–Kier alpha value is -1.10. The van der Waals surface area contributed by atoms with Crippen molar-refractivity contribution < 1.29 is 14.7 Å². The number of hydrogen-bond donors (Lipinski definition) is 2. The van der Waals surface area contributed by atoms with Crippen molar-refractivity contribution in [3.8, 4) is 0 Å². The van der Waals surface area contributed by atoms with Crippen LogP contribution >= 0.6 is 0 Å². The molecule has 0 aromatic heterocycles. The van der Waals surface area contributed by atoms with Gasteiger partial charge in [0.2, 0.25) is 0 Å². The van der Waals surface area contributed by atoms with E-state index in [2.05, 4.69) is 5.32 Å². The third-order valence-corrected chi connectivity index (χ3v) is 3.17. The van der Waals surface area contributed by atoms with Crippen molar-refractivity contribution >= 4 is 11.8 Å².